The van der Waals surface area contributed by atoms with Crippen molar-refractivity contribution in [1.82, 2.24) is 15.1 Å². The molecule has 0 spiro atoms. The maximum Gasteiger partial charge on any atom is 0.287 e. The third kappa shape index (κ3) is 4.75. The molecule has 2 N–H and O–H groups in total. The van der Waals surface area contributed by atoms with E-state index in [0.29, 0.717) is 24.6 Å². The molecule has 6 heteroatoms. The van der Waals surface area contributed by atoms with Crippen LogP contribution in [-0.2, 0) is 6.54 Å². The van der Waals surface area contributed by atoms with Crippen LogP contribution in [0.5, 0.6) is 0 Å². The van der Waals surface area contributed by atoms with Gasteiger partial charge in [-0.15, -0.1) is 0 Å². The first-order valence-electron chi connectivity index (χ1n) is 7.07. The molecule has 0 bridgehead atoms. The summed E-state index contributed by atoms with van der Waals surface area (Å²) >= 11 is 0. The third-order valence-corrected chi connectivity index (χ3v) is 3.00. The fourth-order valence-corrected chi connectivity index (χ4v) is 2.06. The van der Waals surface area contributed by atoms with Gasteiger partial charge in [0, 0.05) is 18.9 Å². The van der Waals surface area contributed by atoms with Gasteiger partial charge in [-0.1, -0.05) is 13.8 Å². The minimum Gasteiger partial charge on any atom is -0.454 e. The van der Waals surface area contributed by atoms with Crippen molar-refractivity contribution >= 4 is 5.91 Å². The highest BCUT2D eigenvalue weighted by Gasteiger charge is 2.14. The molecule has 6 nitrogen and oxygen atoms in total. The zero-order valence-electron chi connectivity index (χ0n) is 12.3. The lowest BCUT2D eigenvalue weighted by atomic mass is 10.1. The lowest BCUT2D eigenvalue weighted by Gasteiger charge is -2.13. The summed E-state index contributed by atoms with van der Waals surface area (Å²) in [5.74, 6) is 0.978. The molecule has 0 fully saturated rings. The Kier molecular flexibility index (Phi) is 5.16. The standard InChI is InChI=1S/C15H21N3O3/c1-11(2)8-12(19)9-16-15(20)14-5-4-13(21-14)10-18-7-3-6-17-18/h3-7,11-12,19H,8-10H2,1-2H3,(H,16,20). The normalized spacial score (nSPS) is 12.6. The predicted octanol–water partition coefficient (Wildman–Crippen LogP) is 1.66. The van der Waals surface area contributed by atoms with Crippen LogP contribution in [0.15, 0.2) is 35.0 Å². The summed E-state index contributed by atoms with van der Waals surface area (Å²) in [6.07, 6.45) is 3.63. The van der Waals surface area contributed by atoms with Crippen LogP contribution in [0.25, 0.3) is 0 Å². The molecule has 0 aromatic carbocycles. The fraction of sp³-hybridized carbons (Fsp3) is 0.467. The number of aliphatic hydroxyl groups is 1. The molecule has 1 amide bonds. The van der Waals surface area contributed by atoms with Crippen molar-refractivity contribution < 1.29 is 14.3 Å². The van der Waals surface area contributed by atoms with Crippen molar-refractivity contribution in [2.45, 2.75) is 32.9 Å². The van der Waals surface area contributed by atoms with Gasteiger partial charge in [0.2, 0.25) is 0 Å². The first-order chi connectivity index (χ1) is 10.0. The Hall–Kier alpha value is -2.08. The Morgan fingerprint density at radius 3 is 2.95 bits per heavy atom. The minimum absolute atomic E-state index is 0.228. The molecule has 0 aliphatic heterocycles. The quantitative estimate of drug-likeness (QED) is 0.813. The van der Waals surface area contributed by atoms with Gasteiger partial charge in [0.15, 0.2) is 5.76 Å². The summed E-state index contributed by atoms with van der Waals surface area (Å²) in [4.78, 5) is 11.9. The van der Waals surface area contributed by atoms with Crippen LogP contribution in [0.4, 0.5) is 0 Å². The molecular weight excluding hydrogens is 270 g/mol. The third-order valence-electron chi connectivity index (χ3n) is 3.00. The lowest BCUT2D eigenvalue weighted by molar-refractivity contribution is 0.0872. The van der Waals surface area contributed by atoms with Crippen molar-refractivity contribution in [3.63, 3.8) is 0 Å². The summed E-state index contributed by atoms with van der Waals surface area (Å²) in [5, 5.41) is 16.5. The summed E-state index contributed by atoms with van der Waals surface area (Å²) in [5.41, 5.74) is 0. The van der Waals surface area contributed by atoms with Gasteiger partial charge >= 0.3 is 0 Å². The van der Waals surface area contributed by atoms with E-state index >= 15 is 0 Å². The van der Waals surface area contributed by atoms with E-state index in [0.717, 1.165) is 0 Å². The predicted molar refractivity (Wildman–Crippen MR) is 77.8 cm³/mol. The highest BCUT2D eigenvalue weighted by molar-refractivity contribution is 5.91. The van der Waals surface area contributed by atoms with Crippen LogP contribution in [0.1, 0.15) is 36.6 Å². The minimum atomic E-state index is -0.535. The molecule has 1 unspecified atom stereocenters. The Morgan fingerprint density at radius 1 is 1.48 bits per heavy atom. The summed E-state index contributed by atoms with van der Waals surface area (Å²) < 4.78 is 7.19. The number of hydrogen-bond donors (Lipinski definition) is 2. The van der Waals surface area contributed by atoms with Gasteiger partial charge in [0.25, 0.3) is 5.91 Å². The lowest BCUT2D eigenvalue weighted by Crippen LogP contribution is -2.32. The van der Waals surface area contributed by atoms with Crippen molar-refractivity contribution in [2.75, 3.05) is 6.54 Å². The number of nitrogens with zero attached hydrogens (tertiary/aromatic N) is 2. The number of rotatable bonds is 7. The largest absolute Gasteiger partial charge is 0.454 e. The van der Waals surface area contributed by atoms with E-state index in [9.17, 15) is 9.90 Å². The Morgan fingerprint density at radius 2 is 2.29 bits per heavy atom. The van der Waals surface area contributed by atoms with Gasteiger partial charge in [0.05, 0.1) is 12.6 Å². The number of carbonyl (C=O) groups excluding carboxylic acids is 1. The van der Waals surface area contributed by atoms with Crippen molar-refractivity contribution in [1.29, 1.82) is 0 Å². The van der Waals surface area contributed by atoms with Crippen LogP contribution in [0.3, 0.4) is 0 Å². The van der Waals surface area contributed by atoms with E-state index in [1.807, 2.05) is 26.1 Å². The molecule has 2 rings (SSSR count). The van der Waals surface area contributed by atoms with Gasteiger partial charge < -0.3 is 14.8 Å². The number of aliphatic hydroxyl groups excluding tert-OH is 1. The van der Waals surface area contributed by atoms with E-state index in [1.54, 1.807) is 23.0 Å². The second kappa shape index (κ2) is 7.08. The Balaban J connectivity index is 1.84. The zero-order valence-corrected chi connectivity index (χ0v) is 12.3. The van der Waals surface area contributed by atoms with E-state index in [-0.39, 0.29) is 18.2 Å². The first-order valence-corrected chi connectivity index (χ1v) is 7.07. The molecule has 0 saturated carbocycles. The smallest absolute Gasteiger partial charge is 0.287 e. The van der Waals surface area contributed by atoms with Gasteiger partial charge in [-0.3, -0.25) is 9.48 Å². The average molecular weight is 291 g/mol. The highest BCUT2D eigenvalue weighted by atomic mass is 16.4. The van der Waals surface area contributed by atoms with E-state index in [1.165, 1.54) is 0 Å². The van der Waals surface area contributed by atoms with Gasteiger partial charge in [-0.25, -0.2) is 0 Å². The monoisotopic (exact) mass is 291 g/mol. The van der Waals surface area contributed by atoms with Crippen LogP contribution in [0.2, 0.25) is 0 Å². The summed E-state index contributed by atoms with van der Waals surface area (Å²) in [7, 11) is 0. The fourth-order valence-electron chi connectivity index (χ4n) is 2.06. The van der Waals surface area contributed by atoms with Crippen LogP contribution in [-0.4, -0.2) is 33.4 Å². The molecular formula is C15H21N3O3. The number of furan rings is 1. The topological polar surface area (TPSA) is 80.3 Å². The van der Waals surface area contributed by atoms with Crippen LogP contribution < -0.4 is 5.32 Å². The summed E-state index contributed by atoms with van der Waals surface area (Å²) in [6.45, 7) is 4.76. The molecule has 0 aliphatic rings. The van der Waals surface area contributed by atoms with Crippen LogP contribution >= 0.6 is 0 Å². The second-order valence-corrected chi connectivity index (χ2v) is 5.46. The molecule has 21 heavy (non-hydrogen) atoms. The number of carbonyl (C=O) groups is 1. The average Bonchev–Trinajstić information content (AvgIpc) is 3.07. The van der Waals surface area contributed by atoms with Crippen molar-refractivity contribution in [3.05, 3.63) is 42.1 Å². The van der Waals surface area contributed by atoms with E-state index < -0.39 is 6.10 Å². The van der Waals surface area contributed by atoms with Crippen LogP contribution in [0, 0.1) is 5.92 Å². The molecule has 2 aromatic rings. The number of aromatic nitrogens is 2. The molecule has 1 atom stereocenters. The number of hydrogen-bond acceptors (Lipinski definition) is 4. The number of nitrogens with one attached hydrogen (secondary N) is 1. The zero-order chi connectivity index (χ0) is 15.2. The Labute approximate surface area is 123 Å². The van der Waals surface area contributed by atoms with Gasteiger partial charge in [-0.2, -0.15) is 5.10 Å². The van der Waals surface area contributed by atoms with Crippen molar-refractivity contribution in [3.8, 4) is 0 Å². The molecule has 0 saturated heterocycles. The maximum absolute atomic E-state index is 11.9. The molecule has 114 valence electrons. The van der Waals surface area contributed by atoms with Gasteiger partial charge in [-0.05, 0) is 30.5 Å². The van der Waals surface area contributed by atoms with E-state index in [4.69, 9.17) is 4.42 Å². The SMILES string of the molecule is CC(C)CC(O)CNC(=O)c1ccc(Cn2cccn2)o1. The number of amides is 1. The molecule has 0 radical (unpaired) electrons. The first kappa shape index (κ1) is 15.3. The molecule has 2 heterocycles. The second-order valence-electron chi connectivity index (χ2n) is 5.46. The Bertz CT molecular complexity index is 560. The van der Waals surface area contributed by atoms with E-state index in [2.05, 4.69) is 10.4 Å². The highest BCUT2D eigenvalue weighted by Crippen LogP contribution is 2.10. The van der Waals surface area contributed by atoms with Gasteiger partial charge in [0.1, 0.15) is 5.76 Å². The van der Waals surface area contributed by atoms with Crippen molar-refractivity contribution in [2.24, 2.45) is 5.92 Å². The summed E-state index contributed by atoms with van der Waals surface area (Å²) in [6, 6.07) is 5.21. The maximum atomic E-state index is 11.9. The molecule has 2 aromatic heterocycles. The molecule has 0 aliphatic carbocycles.